The van der Waals surface area contributed by atoms with Gasteiger partial charge in [0.25, 0.3) is 0 Å². The molecule has 0 saturated heterocycles. The van der Waals surface area contributed by atoms with E-state index in [1.54, 1.807) is 12.3 Å². The second-order valence-electron chi connectivity index (χ2n) is 4.63. The summed E-state index contributed by atoms with van der Waals surface area (Å²) in [5.41, 5.74) is 0.210. The Hall–Kier alpha value is -2.82. The summed E-state index contributed by atoms with van der Waals surface area (Å²) >= 11 is 0. The highest BCUT2D eigenvalue weighted by Crippen LogP contribution is 2.24. The Morgan fingerprint density at radius 3 is 2.71 bits per heavy atom. The summed E-state index contributed by atoms with van der Waals surface area (Å²) in [6.07, 6.45) is 3.77. The Bertz CT molecular complexity index is 766. The minimum absolute atomic E-state index is 0.210. The molecule has 0 atom stereocenters. The quantitative estimate of drug-likeness (QED) is 0.751. The Morgan fingerprint density at radius 1 is 1.19 bits per heavy atom. The van der Waals surface area contributed by atoms with Gasteiger partial charge >= 0.3 is 5.97 Å². The highest BCUT2D eigenvalue weighted by atomic mass is 16.4. The van der Waals surface area contributed by atoms with Crippen LogP contribution in [0.5, 0.6) is 0 Å². The van der Waals surface area contributed by atoms with Crippen LogP contribution >= 0.6 is 0 Å². The van der Waals surface area contributed by atoms with E-state index in [0.717, 1.165) is 17.6 Å². The summed E-state index contributed by atoms with van der Waals surface area (Å²) in [7, 11) is 0. The van der Waals surface area contributed by atoms with E-state index >= 15 is 0 Å². The number of anilines is 1. The average molecular weight is 282 g/mol. The normalized spacial score (nSPS) is 10.7. The molecule has 0 amide bonds. The summed E-state index contributed by atoms with van der Waals surface area (Å²) in [4.78, 5) is 15.4. The van der Waals surface area contributed by atoms with Crippen molar-refractivity contribution in [1.82, 2.24) is 4.98 Å². The number of carboxylic acids is 1. The zero-order valence-corrected chi connectivity index (χ0v) is 11.2. The minimum Gasteiger partial charge on any atom is -0.478 e. The molecule has 0 aliphatic heterocycles. The molecule has 0 aliphatic carbocycles. The highest BCUT2D eigenvalue weighted by Gasteiger charge is 2.11. The molecule has 0 saturated carbocycles. The number of hydrogen-bond acceptors (Lipinski definition) is 4. The van der Waals surface area contributed by atoms with Crippen molar-refractivity contribution in [3.63, 3.8) is 0 Å². The first-order valence-corrected chi connectivity index (χ1v) is 6.63. The maximum Gasteiger partial charge on any atom is 0.337 e. The van der Waals surface area contributed by atoms with Crippen molar-refractivity contribution in [1.29, 1.82) is 0 Å². The van der Waals surface area contributed by atoms with Crippen LogP contribution in [-0.2, 0) is 6.42 Å². The number of fused-ring (bicyclic) bond motifs is 1. The van der Waals surface area contributed by atoms with Crippen molar-refractivity contribution in [3.8, 4) is 0 Å². The standard InChI is InChI=1S/C16H14N2O3/c19-16(20)14-10-18-15(13-6-2-1-5-12(13)14)17-8-7-11-4-3-9-21-11/h1-6,9-10H,7-8H2,(H,17,18)(H,19,20). The maximum atomic E-state index is 11.2. The second kappa shape index (κ2) is 5.66. The van der Waals surface area contributed by atoms with Crippen molar-refractivity contribution in [3.05, 3.63) is 60.2 Å². The van der Waals surface area contributed by atoms with Gasteiger partial charge in [0.05, 0.1) is 11.8 Å². The van der Waals surface area contributed by atoms with Gasteiger partial charge in [0.15, 0.2) is 0 Å². The van der Waals surface area contributed by atoms with Gasteiger partial charge in [0.2, 0.25) is 0 Å². The number of hydrogen-bond donors (Lipinski definition) is 2. The van der Waals surface area contributed by atoms with Crippen LogP contribution < -0.4 is 5.32 Å². The van der Waals surface area contributed by atoms with Crippen molar-refractivity contribution >= 4 is 22.6 Å². The second-order valence-corrected chi connectivity index (χ2v) is 4.63. The van der Waals surface area contributed by atoms with Gasteiger partial charge in [-0.2, -0.15) is 0 Å². The topological polar surface area (TPSA) is 75.4 Å². The maximum absolute atomic E-state index is 11.2. The van der Waals surface area contributed by atoms with E-state index in [0.29, 0.717) is 17.7 Å². The molecule has 1 aromatic carbocycles. The Kier molecular flexibility index (Phi) is 3.55. The molecule has 5 heteroatoms. The summed E-state index contributed by atoms with van der Waals surface area (Å²) in [5, 5.41) is 13.9. The smallest absolute Gasteiger partial charge is 0.337 e. The fourth-order valence-corrected chi connectivity index (χ4v) is 2.26. The number of carbonyl (C=O) groups is 1. The van der Waals surface area contributed by atoms with Crippen LogP contribution in [0.25, 0.3) is 10.8 Å². The first kappa shape index (κ1) is 13.2. The van der Waals surface area contributed by atoms with Crippen molar-refractivity contribution < 1.29 is 14.3 Å². The van der Waals surface area contributed by atoms with Gasteiger partial charge in [-0.15, -0.1) is 0 Å². The van der Waals surface area contributed by atoms with E-state index in [1.165, 1.54) is 6.20 Å². The van der Waals surface area contributed by atoms with Gasteiger partial charge in [-0.3, -0.25) is 0 Å². The van der Waals surface area contributed by atoms with Gasteiger partial charge in [0.1, 0.15) is 11.6 Å². The van der Waals surface area contributed by atoms with Crippen LogP contribution in [0.2, 0.25) is 0 Å². The molecule has 0 fully saturated rings. The van der Waals surface area contributed by atoms with Crippen LogP contribution in [0.15, 0.2) is 53.3 Å². The molecule has 3 aromatic rings. The van der Waals surface area contributed by atoms with Gasteiger partial charge in [0, 0.05) is 29.9 Å². The zero-order valence-electron chi connectivity index (χ0n) is 11.2. The third-order valence-corrected chi connectivity index (χ3v) is 3.27. The average Bonchev–Trinajstić information content (AvgIpc) is 3.00. The van der Waals surface area contributed by atoms with Crippen LogP contribution in [0.4, 0.5) is 5.82 Å². The number of nitrogens with one attached hydrogen (secondary N) is 1. The fraction of sp³-hybridized carbons (Fsp3) is 0.125. The SMILES string of the molecule is O=C(O)c1cnc(NCCc2ccco2)c2ccccc12. The number of furan rings is 1. The number of rotatable bonds is 5. The lowest BCUT2D eigenvalue weighted by Crippen LogP contribution is -2.08. The molecule has 0 radical (unpaired) electrons. The molecule has 0 unspecified atom stereocenters. The molecule has 0 spiro atoms. The molecular formula is C16H14N2O3. The third kappa shape index (κ3) is 2.72. The number of pyridine rings is 1. The summed E-state index contributed by atoms with van der Waals surface area (Å²) < 4.78 is 5.27. The summed E-state index contributed by atoms with van der Waals surface area (Å²) in [6.45, 7) is 0.664. The van der Waals surface area contributed by atoms with Crippen LogP contribution in [0, 0.1) is 0 Å². The van der Waals surface area contributed by atoms with Gasteiger partial charge in [-0.1, -0.05) is 24.3 Å². The van der Waals surface area contributed by atoms with Gasteiger partial charge in [-0.05, 0) is 12.1 Å². The third-order valence-electron chi connectivity index (χ3n) is 3.27. The number of nitrogens with zero attached hydrogens (tertiary/aromatic N) is 1. The molecular weight excluding hydrogens is 268 g/mol. The lowest BCUT2D eigenvalue weighted by atomic mass is 10.1. The molecule has 2 heterocycles. The van der Waals surface area contributed by atoms with E-state index in [-0.39, 0.29) is 5.56 Å². The van der Waals surface area contributed by atoms with E-state index in [1.807, 2.05) is 30.3 Å². The van der Waals surface area contributed by atoms with Gasteiger partial charge < -0.3 is 14.8 Å². The van der Waals surface area contributed by atoms with E-state index in [2.05, 4.69) is 10.3 Å². The zero-order chi connectivity index (χ0) is 14.7. The van der Waals surface area contributed by atoms with Crippen LogP contribution in [0.1, 0.15) is 16.1 Å². The first-order chi connectivity index (χ1) is 10.3. The number of aromatic nitrogens is 1. The number of aromatic carboxylic acids is 1. The molecule has 2 N–H and O–H groups in total. The monoisotopic (exact) mass is 282 g/mol. The summed E-state index contributed by atoms with van der Waals surface area (Å²) in [6, 6.07) is 11.1. The highest BCUT2D eigenvalue weighted by molar-refractivity contribution is 6.06. The molecule has 21 heavy (non-hydrogen) atoms. The molecule has 106 valence electrons. The van der Waals surface area contributed by atoms with Crippen molar-refractivity contribution in [2.75, 3.05) is 11.9 Å². The molecule has 0 aliphatic rings. The Labute approximate surface area is 121 Å². The lowest BCUT2D eigenvalue weighted by Gasteiger charge is -2.09. The molecule has 5 nitrogen and oxygen atoms in total. The Balaban J connectivity index is 1.85. The number of carboxylic acid groups (broad SMARTS) is 1. The van der Waals surface area contributed by atoms with E-state index in [4.69, 9.17) is 4.42 Å². The largest absolute Gasteiger partial charge is 0.478 e. The van der Waals surface area contributed by atoms with Crippen LogP contribution in [-0.4, -0.2) is 22.6 Å². The van der Waals surface area contributed by atoms with Gasteiger partial charge in [-0.25, -0.2) is 9.78 Å². The molecule has 0 bridgehead atoms. The minimum atomic E-state index is -0.971. The lowest BCUT2D eigenvalue weighted by molar-refractivity contribution is 0.0698. The van der Waals surface area contributed by atoms with Crippen LogP contribution in [0.3, 0.4) is 0 Å². The predicted octanol–water partition coefficient (Wildman–Crippen LogP) is 3.18. The summed E-state index contributed by atoms with van der Waals surface area (Å²) in [5.74, 6) is 0.608. The van der Waals surface area contributed by atoms with Crippen molar-refractivity contribution in [2.24, 2.45) is 0 Å². The number of benzene rings is 1. The van der Waals surface area contributed by atoms with E-state index < -0.39 is 5.97 Å². The van der Waals surface area contributed by atoms with E-state index in [9.17, 15) is 9.90 Å². The Morgan fingerprint density at radius 2 is 2.00 bits per heavy atom. The fourth-order valence-electron chi connectivity index (χ4n) is 2.26. The van der Waals surface area contributed by atoms with Crippen molar-refractivity contribution in [2.45, 2.75) is 6.42 Å². The molecule has 2 aromatic heterocycles. The molecule has 3 rings (SSSR count). The predicted molar refractivity (Wildman–Crippen MR) is 79.6 cm³/mol. The first-order valence-electron chi connectivity index (χ1n) is 6.63.